The molecule has 0 aliphatic heterocycles. The van der Waals surface area contributed by atoms with Crippen LogP contribution in [0.15, 0.2) is 30.3 Å². The summed E-state index contributed by atoms with van der Waals surface area (Å²) in [5.41, 5.74) is 1.40. The summed E-state index contributed by atoms with van der Waals surface area (Å²) in [5, 5.41) is 3.50. The third-order valence-electron chi connectivity index (χ3n) is 2.71. The van der Waals surface area contributed by atoms with Gasteiger partial charge in [0, 0.05) is 26.3 Å². The molecule has 0 fully saturated rings. The van der Waals surface area contributed by atoms with E-state index in [0.717, 1.165) is 19.6 Å². The van der Waals surface area contributed by atoms with Gasteiger partial charge in [0.15, 0.2) is 0 Å². The quantitative estimate of drug-likeness (QED) is 0.764. The van der Waals surface area contributed by atoms with Gasteiger partial charge in [0.1, 0.15) is 0 Å². The maximum atomic E-state index is 5.17. The first-order valence-electron chi connectivity index (χ1n) is 6.01. The number of hydrogen-bond donors (Lipinski definition) is 1. The van der Waals surface area contributed by atoms with E-state index in [2.05, 4.69) is 49.5 Å². The van der Waals surface area contributed by atoms with E-state index in [0.29, 0.717) is 12.0 Å². The van der Waals surface area contributed by atoms with E-state index in [1.807, 2.05) is 0 Å². The van der Waals surface area contributed by atoms with Gasteiger partial charge in [-0.1, -0.05) is 44.2 Å². The van der Waals surface area contributed by atoms with Crippen molar-refractivity contribution in [2.75, 3.05) is 20.3 Å². The van der Waals surface area contributed by atoms with Gasteiger partial charge in [-0.25, -0.2) is 0 Å². The highest BCUT2D eigenvalue weighted by Gasteiger charge is 2.11. The fourth-order valence-electron chi connectivity index (χ4n) is 1.75. The van der Waals surface area contributed by atoms with E-state index in [-0.39, 0.29) is 0 Å². The molecule has 90 valence electrons. The molecule has 1 unspecified atom stereocenters. The maximum absolute atomic E-state index is 5.17. The Morgan fingerprint density at radius 2 is 1.88 bits per heavy atom. The standard InChI is InChI=1S/C14H23NO/c1-12(2)15-11-14(9-10-16-3)13-7-5-4-6-8-13/h4-8,12,14-15H,9-11H2,1-3H3. The van der Waals surface area contributed by atoms with Crippen LogP contribution in [0, 0.1) is 0 Å². The minimum atomic E-state index is 0.536. The minimum Gasteiger partial charge on any atom is -0.385 e. The summed E-state index contributed by atoms with van der Waals surface area (Å²) in [5.74, 6) is 0.545. The van der Waals surface area contributed by atoms with Gasteiger partial charge in [-0.05, 0) is 17.9 Å². The van der Waals surface area contributed by atoms with E-state index in [1.165, 1.54) is 5.56 Å². The summed E-state index contributed by atoms with van der Waals surface area (Å²) in [6.45, 7) is 6.20. The highest BCUT2D eigenvalue weighted by molar-refractivity contribution is 5.19. The third-order valence-corrected chi connectivity index (χ3v) is 2.71. The molecule has 2 nitrogen and oxygen atoms in total. The zero-order chi connectivity index (χ0) is 11.8. The molecular weight excluding hydrogens is 198 g/mol. The Hall–Kier alpha value is -0.860. The van der Waals surface area contributed by atoms with Crippen LogP contribution in [0.4, 0.5) is 0 Å². The number of ether oxygens (including phenoxy) is 1. The van der Waals surface area contributed by atoms with Crippen LogP contribution >= 0.6 is 0 Å². The number of hydrogen-bond acceptors (Lipinski definition) is 2. The Balaban J connectivity index is 2.56. The van der Waals surface area contributed by atoms with Gasteiger partial charge in [0.25, 0.3) is 0 Å². The molecule has 2 heteroatoms. The molecule has 0 spiro atoms. The molecule has 1 rings (SSSR count). The van der Waals surface area contributed by atoms with E-state index >= 15 is 0 Å². The van der Waals surface area contributed by atoms with Crippen LogP contribution in [-0.2, 0) is 4.74 Å². The predicted molar refractivity (Wildman–Crippen MR) is 68.8 cm³/mol. The summed E-state index contributed by atoms with van der Waals surface area (Å²) in [6.07, 6.45) is 1.07. The first kappa shape index (κ1) is 13.2. The van der Waals surface area contributed by atoms with E-state index in [9.17, 15) is 0 Å². The second-order valence-corrected chi connectivity index (χ2v) is 4.45. The van der Waals surface area contributed by atoms with Crippen molar-refractivity contribution in [1.82, 2.24) is 5.32 Å². The monoisotopic (exact) mass is 221 g/mol. The van der Waals surface area contributed by atoms with Crippen molar-refractivity contribution >= 4 is 0 Å². The Labute approximate surface area is 99.0 Å². The van der Waals surface area contributed by atoms with Crippen LogP contribution in [0.1, 0.15) is 31.7 Å². The summed E-state index contributed by atoms with van der Waals surface area (Å²) < 4.78 is 5.17. The van der Waals surface area contributed by atoms with Gasteiger partial charge in [-0.2, -0.15) is 0 Å². The average Bonchev–Trinajstić information content (AvgIpc) is 2.30. The number of nitrogens with one attached hydrogen (secondary N) is 1. The molecular formula is C14H23NO. The average molecular weight is 221 g/mol. The lowest BCUT2D eigenvalue weighted by atomic mass is 9.96. The summed E-state index contributed by atoms with van der Waals surface area (Å²) in [7, 11) is 1.76. The van der Waals surface area contributed by atoms with Crippen LogP contribution in [0.25, 0.3) is 0 Å². The molecule has 0 heterocycles. The number of benzene rings is 1. The first-order chi connectivity index (χ1) is 7.74. The van der Waals surface area contributed by atoms with Crippen molar-refractivity contribution < 1.29 is 4.74 Å². The summed E-state index contributed by atoms with van der Waals surface area (Å²) in [6, 6.07) is 11.2. The zero-order valence-electron chi connectivity index (χ0n) is 10.6. The van der Waals surface area contributed by atoms with E-state index < -0.39 is 0 Å². The van der Waals surface area contributed by atoms with Gasteiger partial charge in [0.2, 0.25) is 0 Å². The topological polar surface area (TPSA) is 21.3 Å². The number of rotatable bonds is 7. The van der Waals surface area contributed by atoms with Crippen LogP contribution in [0.2, 0.25) is 0 Å². The molecule has 0 saturated heterocycles. The highest BCUT2D eigenvalue weighted by atomic mass is 16.5. The lowest BCUT2D eigenvalue weighted by Crippen LogP contribution is -2.28. The smallest absolute Gasteiger partial charge is 0.0468 e. The number of methoxy groups -OCH3 is 1. The molecule has 0 aliphatic rings. The fourth-order valence-corrected chi connectivity index (χ4v) is 1.75. The van der Waals surface area contributed by atoms with Gasteiger partial charge in [-0.15, -0.1) is 0 Å². The second kappa shape index (κ2) is 7.42. The molecule has 1 aromatic rings. The Morgan fingerprint density at radius 1 is 1.19 bits per heavy atom. The fraction of sp³-hybridized carbons (Fsp3) is 0.571. The molecule has 0 radical (unpaired) electrons. The first-order valence-corrected chi connectivity index (χ1v) is 6.01. The Morgan fingerprint density at radius 3 is 2.44 bits per heavy atom. The second-order valence-electron chi connectivity index (χ2n) is 4.45. The van der Waals surface area contributed by atoms with Crippen molar-refractivity contribution in [3.63, 3.8) is 0 Å². The van der Waals surface area contributed by atoms with Gasteiger partial charge >= 0.3 is 0 Å². The SMILES string of the molecule is COCCC(CNC(C)C)c1ccccc1. The molecule has 0 saturated carbocycles. The Kier molecular flexibility index (Phi) is 6.12. The lowest BCUT2D eigenvalue weighted by molar-refractivity contribution is 0.186. The highest BCUT2D eigenvalue weighted by Crippen LogP contribution is 2.18. The molecule has 0 aliphatic carbocycles. The minimum absolute atomic E-state index is 0.536. The molecule has 1 aromatic carbocycles. The maximum Gasteiger partial charge on any atom is 0.0468 e. The molecule has 1 N–H and O–H groups in total. The zero-order valence-corrected chi connectivity index (χ0v) is 10.6. The molecule has 1 atom stereocenters. The Bertz CT molecular complexity index is 271. The van der Waals surface area contributed by atoms with Crippen molar-refractivity contribution in [2.45, 2.75) is 32.2 Å². The van der Waals surface area contributed by atoms with Crippen molar-refractivity contribution in [3.8, 4) is 0 Å². The lowest BCUT2D eigenvalue weighted by Gasteiger charge is -2.19. The van der Waals surface area contributed by atoms with Gasteiger partial charge in [0.05, 0.1) is 0 Å². The normalized spacial score (nSPS) is 13.0. The largest absolute Gasteiger partial charge is 0.385 e. The third kappa shape index (κ3) is 4.77. The van der Waals surface area contributed by atoms with Crippen LogP contribution < -0.4 is 5.32 Å². The van der Waals surface area contributed by atoms with Crippen molar-refractivity contribution in [2.24, 2.45) is 0 Å². The molecule has 0 amide bonds. The van der Waals surface area contributed by atoms with Crippen LogP contribution in [-0.4, -0.2) is 26.3 Å². The summed E-state index contributed by atoms with van der Waals surface area (Å²) >= 11 is 0. The predicted octanol–water partition coefficient (Wildman–Crippen LogP) is 2.80. The van der Waals surface area contributed by atoms with Crippen LogP contribution in [0.3, 0.4) is 0 Å². The van der Waals surface area contributed by atoms with E-state index in [4.69, 9.17) is 4.74 Å². The summed E-state index contributed by atoms with van der Waals surface area (Å²) in [4.78, 5) is 0. The molecule has 16 heavy (non-hydrogen) atoms. The van der Waals surface area contributed by atoms with Crippen LogP contribution in [0.5, 0.6) is 0 Å². The van der Waals surface area contributed by atoms with Gasteiger partial charge < -0.3 is 10.1 Å². The van der Waals surface area contributed by atoms with E-state index in [1.54, 1.807) is 7.11 Å². The molecule has 0 aromatic heterocycles. The van der Waals surface area contributed by atoms with Crippen molar-refractivity contribution in [3.05, 3.63) is 35.9 Å². The molecule has 0 bridgehead atoms. The van der Waals surface area contributed by atoms with Gasteiger partial charge in [-0.3, -0.25) is 0 Å². The van der Waals surface area contributed by atoms with Crippen molar-refractivity contribution in [1.29, 1.82) is 0 Å².